The molecule has 2 aromatic rings. The number of benzene rings is 2. The summed E-state index contributed by atoms with van der Waals surface area (Å²) in [7, 11) is 0. The molecule has 0 aromatic heterocycles. The summed E-state index contributed by atoms with van der Waals surface area (Å²) >= 11 is 17.8. The fraction of sp³-hybridized carbons (Fsp3) is 0.133. The summed E-state index contributed by atoms with van der Waals surface area (Å²) < 4.78 is 10.9. The van der Waals surface area contributed by atoms with Gasteiger partial charge in [0, 0.05) is 5.02 Å². The fourth-order valence-corrected chi connectivity index (χ4v) is 2.66. The molecule has 0 amide bonds. The van der Waals surface area contributed by atoms with Crippen molar-refractivity contribution >= 4 is 40.8 Å². The van der Waals surface area contributed by atoms with E-state index in [4.69, 9.17) is 49.4 Å². The molecule has 22 heavy (non-hydrogen) atoms. The van der Waals surface area contributed by atoms with Crippen LogP contribution in [0.1, 0.15) is 10.4 Å². The van der Waals surface area contributed by atoms with Crippen molar-refractivity contribution in [3.8, 4) is 11.5 Å². The Bertz CT molecular complexity index is 665. The first-order valence-corrected chi connectivity index (χ1v) is 7.35. The molecule has 0 saturated heterocycles. The van der Waals surface area contributed by atoms with Gasteiger partial charge in [-0.2, -0.15) is 0 Å². The number of hydrogen-bond acceptors (Lipinski definition) is 3. The minimum Gasteiger partial charge on any atom is -0.489 e. The molecule has 0 fully saturated rings. The molecule has 0 bridgehead atoms. The summed E-state index contributed by atoms with van der Waals surface area (Å²) in [6, 6.07) is 9.39. The van der Waals surface area contributed by atoms with E-state index in [9.17, 15) is 4.79 Å². The Morgan fingerprint density at radius 2 is 1.59 bits per heavy atom. The molecule has 116 valence electrons. The predicted molar refractivity (Wildman–Crippen MR) is 85.9 cm³/mol. The number of para-hydroxylation sites is 1. The Kier molecular flexibility index (Phi) is 5.77. The molecule has 0 radical (unpaired) electrons. The van der Waals surface area contributed by atoms with E-state index in [1.165, 1.54) is 18.2 Å². The van der Waals surface area contributed by atoms with Crippen molar-refractivity contribution in [3.05, 3.63) is 57.0 Å². The quantitative estimate of drug-likeness (QED) is 0.751. The maximum Gasteiger partial charge on any atom is 0.339 e. The number of carboxylic acid groups (broad SMARTS) is 1. The average molecular weight is 362 g/mol. The Hall–Kier alpha value is -1.62. The summed E-state index contributed by atoms with van der Waals surface area (Å²) in [5, 5.41) is 10.0. The van der Waals surface area contributed by atoms with E-state index in [-0.39, 0.29) is 24.5 Å². The molecule has 0 atom stereocenters. The van der Waals surface area contributed by atoms with Gasteiger partial charge in [-0.3, -0.25) is 0 Å². The van der Waals surface area contributed by atoms with Crippen LogP contribution >= 0.6 is 34.8 Å². The van der Waals surface area contributed by atoms with E-state index in [0.717, 1.165) is 0 Å². The maximum atomic E-state index is 11.0. The SMILES string of the molecule is O=C(O)c1ccccc1OCCOc1c(Cl)cc(Cl)cc1Cl. The van der Waals surface area contributed by atoms with Crippen LogP contribution in [0.3, 0.4) is 0 Å². The predicted octanol–water partition coefficient (Wildman–Crippen LogP) is 4.80. The second-order valence-electron chi connectivity index (χ2n) is 4.20. The second-order valence-corrected chi connectivity index (χ2v) is 5.45. The molecule has 2 rings (SSSR count). The number of rotatable bonds is 6. The lowest BCUT2D eigenvalue weighted by molar-refractivity contribution is 0.0691. The largest absolute Gasteiger partial charge is 0.489 e. The molecular formula is C15H11Cl3O4. The number of halogens is 3. The van der Waals surface area contributed by atoms with Crippen LogP contribution < -0.4 is 9.47 Å². The minimum atomic E-state index is -1.06. The summed E-state index contributed by atoms with van der Waals surface area (Å²) in [6.07, 6.45) is 0. The lowest BCUT2D eigenvalue weighted by Crippen LogP contribution is -2.11. The van der Waals surface area contributed by atoms with Gasteiger partial charge in [0.15, 0.2) is 5.75 Å². The van der Waals surface area contributed by atoms with Gasteiger partial charge >= 0.3 is 5.97 Å². The van der Waals surface area contributed by atoms with Gasteiger partial charge < -0.3 is 14.6 Å². The number of hydrogen-bond donors (Lipinski definition) is 1. The van der Waals surface area contributed by atoms with E-state index in [1.807, 2.05) is 0 Å². The van der Waals surface area contributed by atoms with Gasteiger partial charge in [0.1, 0.15) is 24.5 Å². The maximum absolute atomic E-state index is 11.0. The Morgan fingerprint density at radius 3 is 2.23 bits per heavy atom. The molecule has 0 spiro atoms. The first-order valence-electron chi connectivity index (χ1n) is 6.21. The molecule has 0 heterocycles. The zero-order valence-corrected chi connectivity index (χ0v) is 13.5. The van der Waals surface area contributed by atoms with Gasteiger partial charge in [-0.05, 0) is 24.3 Å². The van der Waals surface area contributed by atoms with Gasteiger partial charge in [-0.25, -0.2) is 4.79 Å². The first-order chi connectivity index (χ1) is 10.5. The van der Waals surface area contributed by atoms with Crippen molar-refractivity contribution in [2.45, 2.75) is 0 Å². The molecule has 0 aliphatic heterocycles. The zero-order chi connectivity index (χ0) is 16.1. The average Bonchev–Trinajstić information content (AvgIpc) is 2.45. The molecule has 1 N–H and O–H groups in total. The molecular weight excluding hydrogens is 351 g/mol. The Balaban J connectivity index is 1.95. The van der Waals surface area contributed by atoms with Crippen LogP contribution in [0.15, 0.2) is 36.4 Å². The highest BCUT2D eigenvalue weighted by molar-refractivity contribution is 6.40. The van der Waals surface area contributed by atoms with Crippen molar-refractivity contribution in [3.63, 3.8) is 0 Å². The Labute approximate surface area is 142 Å². The van der Waals surface area contributed by atoms with E-state index in [0.29, 0.717) is 20.8 Å². The van der Waals surface area contributed by atoms with Gasteiger partial charge in [0.05, 0.1) is 10.0 Å². The van der Waals surface area contributed by atoms with Crippen molar-refractivity contribution in [1.29, 1.82) is 0 Å². The summed E-state index contributed by atoms with van der Waals surface area (Å²) in [4.78, 5) is 11.0. The van der Waals surface area contributed by atoms with Crippen molar-refractivity contribution < 1.29 is 19.4 Å². The Morgan fingerprint density at radius 1 is 1.00 bits per heavy atom. The second kappa shape index (κ2) is 7.58. The third-order valence-electron chi connectivity index (χ3n) is 2.67. The standard InChI is InChI=1S/C15H11Cl3O4/c16-9-7-11(17)14(12(18)8-9)22-6-5-21-13-4-2-1-3-10(13)15(19)20/h1-4,7-8H,5-6H2,(H,19,20). The van der Waals surface area contributed by atoms with Crippen molar-refractivity contribution in [2.24, 2.45) is 0 Å². The number of carbonyl (C=O) groups is 1. The van der Waals surface area contributed by atoms with Crippen molar-refractivity contribution in [1.82, 2.24) is 0 Å². The summed E-state index contributed by atoms with van der Waals surface area (Å²) in [5.74, 6) is -0.477. The van der Waals surface area contributed by atoms with Gasteiger partial charge in [0.2, 0.25) is 0 Å². The van der Waals surface area contributed by atoms with Crippen LogP contribution in [0.25, 0.3) is 0 Å². The lowest BCUT2D eigenvalue weighted by Gasteiger charge is -2.12. The lowest BCUT2D eigenvalue weighted by atomic mass is 10.2. The molecule has 4 nitrogen and oxygen atoms in total. The van der Waals surface area contributed by atoms with Gasteiger partial charge in [-0.15, -0.1) is 0 Å². The fourth-order valence-electron chi connectivity index (χ4n) is 1.73. The molecule has 0 saturated carbocycles. The monoisotopic (exact) mass is 360 g/mol. The van der Waals surface area contributed by atoms with E-state index < -0.39 is 5.97 Å². The van der Waals surface area contributed by atoms with Crippen LogP contribution in [-0.2, 0) is 0 Å². The zero-order valence-electron chi connectivity index (χ0n) is 11.2. The van der Waals surface area contributed by atoms with Crippen LogP contribution in [-0.4, -0.2) is 24.3 Å². The number of ether oxygens (including phenoxy) is 2. The summed E-state index contributed by atoms with van der Waals surface area (Å²) in [5.41, 5.74) is 0.0880. The third-order valence-corrected chi connectivity index (χ3v) is 3.45. The van der Waals surface area contributed by atoms with Gasteiger partial charge in [0.25, 0.3) is 0 Å². The van der Waals surface area contributed by atoms with Crippen LogP contribution in [0.4, 0.5) is 0 Å². The topological polar surface area (TPSA) is 55.8 Å². The van der Waals surface area contributed by atoms with E-state index in [1.54, 1.807) is 18.2 Å². The first kappa shape index (κ1) is 16.7. The van der Waals surface area contributed by atoms with Crippen LogP contribution in [0, 0.1) is 0 Å². The smallest absolute Gasteiger partial charge is 0.339 e. The highest BCUT2D eigenvalue weighted by atomic mass is 35.5. The van der Waals surface area contributed by atoms with Crippen LogP contribution in [0.5, 0.6) is 11.5 Å². The van der Waals surface area contributed by atoms with E-state index in [2.05, 4.69) is 0 Å². The molecule has 0 aliphatic carbocycles. The summed E-state index contributed by atoms with van der Waals surface area (Å²) in [6.45, 7) is 0.286. The molecule has 2 aromatic carbocycles. The number of carboxylic acids is 1. The highest BCUT2D eigenvalue weighted by Gasteiger charge is 2.11. The molecule has 0 unspecified atom stereocenters. The third kappa shape index (κ3) is 4.19. The van der Waals surface area contributed by atoms with Gasteiger partial charge in [-0.1, -0.05) is 46.9 Å². The minimum absolute atomic E-state index is 0.0880. The highest BCUT2D eigenvalue weighted by Crippen LogP contribution is 2.35. The molecule has 0 aliphatic rings. The molecule has 7 heteroatoms. The van der Waals surface area contributed by atoms with Crippen molar-refractivity contribution in [2.75, 3.05) is 13.2 Å². The van der Waals surface area contributed by atoms with E-state index >= 15 is 0 Å². The normalized spacial score (nSPS) is 10.3. The number of aromatic carboxylic acids is 1. The van der Waals surface area contributed by atoms with Crippen LogP contribution in [0.2, 0.25) is 15.1 Å².